The van der Waals surface area contributed by atoms with Crippen molar-refractivity contribution in [1.82, 2.24) is 5.32 Å². The molecule has 2 rings (SSSR count). The summed E-state index contributed by atoms with van der Waals surface area (Å²) >= 11 is 9.02. The minimum Gasteiger partial charge on any atom is -0.357 e. The number of nitrogens with one attached hydrogen (secondary N) is 2. The number of rotatable bonds is 3. The van der Waals surface area contributed by atoms with E-state index in [1.165, 1.54) is 31.2 Å². The summed E-state index contributed by atoms with van der Waals surface area (Å²) in [5.41, 5.74) is 2.42. The number of hydrogen-bond acceptors (Lipinski definition) is 1. The Kier molecular flexibility index (Phi) is 5.08. The average molecular weight is 355 g/mol. The molecule has 0 saturated heterocycles. The fourth-order valence-electron chi connectivity index (χ4n) is 2.96. The molecule has 1 saturated carbocycles. The van der Waals surface area contributed by atoms with E-state index in [9.17, 15) is 0 Å². The summed E-state index contributed by atoms with van der Waals surface area (Å²) in [4.78, 5) is 0. The van der Waals surface area contributed by atoms with Gasteiger partial charge in [-0.05, 0) is 61.7 Å². The normalized spacial score (nSPS) is 17.2. The van der Waals surface area contributed by atoms with Crippen LogP contribution in [0.5, 0.6) is 0 Å². The zero-order chi connectivity index (χ0) is 14.8. The zero-order valence-corrected chi connectivity index (χ0v) is 14.8. The summed E-state index contributed by atoms with van der Waals surface area (Å²) in [5.74, 6) is 0.594. The van der Waals surface area contributed by atoms with Gasteiger partial charge in [-0.3, -0.25) is 0 Å². The Morgan fingerprint density at radius 1 is 1.30 bits per heavy atom. The molecule has 2 N–H and O–H groups in total. The molecule has 0 radical (unpaired) electrons. The molecule has 110 valence electrons. The van der Waals surface area contributed by atoms with Gasteiger partial charge < -0.3 is 10.6 Å². The summed E-state index contributed by atoms with van der Waals surface area (Å²) in [6.45, 7) is 6.65. The molecular weight excluding hydrogens is 332 g/mol. The molecule has 1 fully saturated rings. The molecule has 0 heterocycles. The Labute approximate surface area is 135 Å². The predicted octanol–water partition coefficient (Wildman–Crippen LogP) is 5.01. The lowest BCUT2D eigenvalue weighted by Crippen LogP contribution is -2.51. The average Bonchev–Trinajstić information content (AvgIpc) is 2.83. The smallest absolute Gasteiger partial charge is 0.171 e. The second-order valence-corrected chi connectivity index (χ2v) is 7.32. The highest BCUT2D eigenvalue weighted by atomic mass is 79.9. The first-order valence-corrected chi connectivity index (χ1v) is 8.48. The van der Waals surface area contributed by atoms with Gasteiger partial charge in [0.1, 0.15) is 0 Å². The van der Waals surface area contributed by atoms with Crippen LogP contribution in [0.1, 0.15) is 45.1 Å². The minimum absolute atomic E-state index is 0.175. The van der Waals surface area contributed by atoms with E-state index >= 15 is 0 Å². The number of hydrogen-bond donors (Lipinski definition) is 2. The lowest BCUT2D eigenvalue weighted by molar-refractivity contribution is 0.283. The third-order valence-corrected chi connectivity index (χ3v) is 5.47. The molecular formula is C16H23BrN2S. The van der Waals surface area contributed by atoms with E-state index in [1.54, 1.807) is 0 Å². The largest absolute Gasteiger partial charge is 0.357 e. The van der Waals surface area contributed by atoms with E-state index in [2.05, 4.69) is 53.4 Å². The molecule has 1 aromatic carbocycles. The van der Waals surface area contributed by atoms with Crippen molar-refractivity contribution < 1.29 is 0 Å². The van der Waals surface area contributed by atoms with Crippen molar-refractivity contribution in [3.05, 3.63) is 28.2 Å². The van der Waals surface area contributed by atoms with Gasteiger partial charge in [-0.15, -0.1) is 0 Å². The van der Waals surface area contributed by atoms with Gasteiger partial charge in [0.15, 0.2) is 5.11 Å². The van der Waals surface area contributed by atoms with Crippen molar-refractivity contribution in [2.24, 2.45) is 5.92 Å². The van der Waals surface area contributed by atoms with Crippen molar-refractivity contribution in [1.29, 1.82) is 0 Å². The predicted molar refractivity (Wildman–Crippen MR) is 94.3 cm³/mol. The number of thiocarbonyl (C=S) groups is 1. The summed E-state index contributed by atoms with van der Waals surface area (Å²) < 4.78 is 1.12. The zero-order valence-electron chi connectivity index (χ0n) is 12.4. The summed E-state index contributed by atoms with van der Waals surface area (Å²) in [5, 5.41) is 7.64. The van der Waals surface area contributed by atoms with Crippen LogP contribution in [-0.2, 0) is 0 Å². The maximum absolute atomic E-state index is 5.51. The Bertz CT molecular complexity index is 493. The lowest BCUT2D eigenvalue weighted by Gasteiger charge is -2.35. The van der Waals surface area contributed by atoms with Crippen molar-refractivity contribution in [2.75, 3.05) is 5.32 Å². The van der Waals surface area contributed by atoms with E-state index in [1.807, 2.05) is 12.1 Å². The SMILES string of the molecule is Cc1cc(NC(=S)NC2(C(C)C)CCCC2)ccc1Br. The Morgan fingerprint density at radius 3 is 2.50 bits per heavy atom. The van der Waals surface area contributed by atoms with Gasteiger partial charge >= 0.3 is 0 Å². The Balaban J connectivity index is 2.03. The van der Waals surface area contributed by atoms with Crippen LogP contribution < -0.4 is 10.6 Å². The minimum atomic E-state index is 0.175. The highest BCUT2D eigenvalue weighted by molar-refractivity contribution is 9.10. The Hall–Kier alpha value is -0.610. The fourth-order valence-corrected chi connectivity index (χ4v) is 3.53. The number of benzene rings is 1. The van der Waals surface area contributed by atoms with Crippen LogP contribution in [0.4, 0.5) is 5.69 Å². The second-order valence-electron chi connectivity index (χ2n) is 6.06. The van der Waals surface area contributed by atoms with Crippen LogP contribution >= 0.6 is 28.1 Å². The highest BCUT2D eigenvalue weighted by Crippen LogP contribution is 2.35. The van der Waals surface area contributed by atoms with Crippen molar-refractivity contribution >= 4 is 38.9 Å². The number of halogens is 1. The summed E-state index contributed by atoms with van der Waals surface area (Å²) in [6, 6.07) is 6.20. The molecule has 0 bridgehead atoms. The van der Waals surface area contributed by atoms with Crippen LogP contribution in [-0.4, -0.2) is 10.7 Å². The highest BCUT2D eigenvalue weighted by Gasteiger charge is 2.37. The van der Waals surface area contributed by atoms with Crippen LogP contribution in [0.2, 0.25) is 0 Å². The molecule has 0 aliphatic heterocycles. The Morgan fingerprint density at radius 2 is 1.95 bits per heavy atom. The van der Waals surface area contributed by atoms with Crippen molar-refractivity contribution in [3.8, 4) is 0 Å². The molecule has 1 aromatic rings. The second kappa shape index (κ2) is 6.44. The summed E-state index contributed by atoms with van der Waals surface area (Å²) in [6.07, 6.45) is 5.02. The van der Waals surface area contributed by atoms with E-state index in [0.717, 1.165) is 15.3 Å². The number of aryl methyl sites for hydroxylation is 1. The molecule has 0 unspecified atom stereocenters. The molecule has 1 aliphatic carbocycles. The third-order valence-electron chi connectivity index (χ3n) is 4.38. The van der Waals surface area contributed by atoms with Crippen LogP contribution in [0.15, 0.2) is 22.7 Å². The molecule has 1 aliphatic rings. The van der Waals surface area contributed by atoms with Gasteiger partial charge in [0.2, 0.25) is 0 Å². The topological polar surface area (TPSA) is 24.1 Å². The van der Waals surface area contributed by atoms with E-state index in [4.69, 9.17) is 12.2 Å². The molecule has 20 heavy (non-hydrogen) atoms. The molecule has 2 nitrogen and oxygen atoms in total. The van der Waals surface area contributed by atoms with E-state index in [0.29, 0.717) is 5.92 Å². The van der Waals surface area contributed by atoms with Gasteiger partial charge in [0, 0.05) is 15.7 Å². The van der Waals surface area contributed by atoms with Gasteiger partial charge in [0.25, 0.3) is 0 Å². The molecule has 4 heteroatoms. The van der Waals surface area contributed by atoms with Gasteiger partial charge in [-0.25, -0.2) is 0 Å². The van der Waals surface area contributed by atoms with Crippen molar-refractivity contribution in [3.63, 3.8) is 0 Å². The van der Waals surface area contributed by atoms with Crippen molar-refractivity contribution in [2.45, 2.75) is 52.0 Å². The summed E-state index contributed by atoms with van der Waals surface area (Å²) in [7, 11) is 0. The maximum Gasteiger partial charge on any atom is 0.171 e. The van der Waals surface area contributed by atoms with Crippen LogP contribution in [0, 0.1) is 12.8 Å². The first-order chi connectivity index (χ1) is 9.43. The standard InChI is InChI=1S/C16H23BrN2S/c1-11(2)16(8-4-5-9-16)19-15(20)18-13-6-7-14(17)12(3)10-13/h6-7,10-11H,4-5,8-9H2,1-3H3,(H2,18,19,20). The monoisotopic (exact) mass is 354 g/mol. The lowest BCUT2D eigenvalue weighted by atomic mass is 9.85. The van der Waals surface area contributed by atoms with Crippen LogP contribution in [0.3, 0.4) is 0 Å². The quantitative estimate of drug-likeness (QED) is 0.745. The fraction of sp³-hybridized carbons (Fsp3) is 0.562. The van der Waals surface area contributed by atoms with Gasteiger partial charge in [-0.2, -0.15) is 0 Å². The maximum atomic E-state index is 5.51. The molecule has 0 spiro atoms. The third kappa shape index (κ3) is 3.53. The van der Waals surface area contributed by atoms with Gasteiger partial charge in [-0.1, -0.05) is 42.6 Å². The first kappa shape index (κ1) is 15.8. The van der Waals surface area contributed by atoms with Crippen LogP contribution in [0.25, 0.3) is 0 Å². The van der Waals surface area contributed by atoms with E-state index in [-0.39, 0.29) is 5.54 Å². The molecule has 0 atom stereocenters. The molecule has 0 aromatic heterocycles. The first-order valence-electron chi connectivity index (χ1n) is 7.28. The molecule has 0 amide bonds. The van der Waals surface area contributed by atoms with Gasteiger partial charge in [0.05, 0.1) is 0 Å². The number of anilines is 1. The van der Waals surface area contributed by atoms with E-state index < -0.39 is 0 Å².